The summed E-state index contributed by atoms with van der Waals surface area (Å²) in [5, 5.41) is 13.8. The summed E-state index contributed by atoms with van der Waals surface area (Å²) in [6.45, 7) is 6.47. The summed E-state index contributed by atoms with van der Waals surface area (Å²) >= 11 is 0. The van der Waals surface area contributed by atoms with Gasteiger partial charge in [0.25, 0.3) is 0 Å². The van der Waals surface area contributed by atoms with E-state index < -0.39 is 0 Å². The van der Waals surface area contributed by atoms with Gasteiger partial charge in [0.05, 0.1) is 23.0 Å². The van der Waals surface area contributed by atoms with E-state index in [4.69, 9.17) is 5.26 Å². The van der Waals surface area contributed by atoms with Gasteiger partial charge in [0.1, 0.15) is 0 Å². The fourth-order valence-electron chi connectivity index (χ4n) is 3.31. The highest BCUT2D eigenvalue weighted by Crippen LogP contribution is 2.32. The second-order valence-electron chi connectivity index (χ2n) is 6.38. The van der Waals surface area contributed by atoms with Crippen LogP contribution in [-0.2, 0) is 0 Å². The Bertz CT molecular complexity index is 911. The summed E-state index contributed by atoms with van der Waals surface area (Å²) in [4.78, 5) is 0. The van der Waals surface area contributed by atoms with Crippen molar-refractivity contribution in [1.29, 1.82) is 5.26 Å². The SMILES string of the molecule is CCC(CC)c1ccc(-c2cccc(C#N)c2)cc1-n1ccc(C)n1. The fourth-order valence-corrected chi connectivity index (χ4v) is 3.31. The standard InChI is InChI=1S/C22H23N3/c1-4-18(5-2)21-10-9-20(19-8-6-7-17(13-19)15-23)14-22(21)25-12-11-16(3)24-25/h6-14,18H,4-5H2,1-3H3. The first-order chi connectivity index (χ1) is 12.2. The van der Waals surface area contributed by atoms with Gasteiger partial charge in [0.2, 0.25) is 0 Å². The third kappa shape index (κ3) is 3.49. The zero-order chi connectivity index (χ0) is 17.8. The molecule has 25 heavy (non-hydrogen) atoms. The smallest absolute Gasteiger partial charge is 0.0991 e. The van der Waals surface area contributed by atoms with E-state index in [0.717, 1.165) is 35.3 Å². The summed E-state index contributed by atoms with van der Waals surface area (Å²) < 4.78 is 1.97. The quantitative estimate of drug-likeness (QED) is 0.609. The van der Waals surface area contributed by atoms with Crippen molar-refractivity contribution in [2.24, 2.45) is 0 Å². The molecule has 1 heterocycles. The molecule has 0 fully saturated rings. The third-order valence-corrected chi connectivity index (χ3v) is 4.75. The molecule has 0 aliphatic heterocycles. The molecule has 1 aromatic heterocycles. The van der Waals surface area contributed by atoms with Gasteiger partial charge in [-0.25, -0.2) is 4.68 Å². The minimum Gasteiger partial charge on any atom is -0.240 e. The number of hydrogen-bond donors (Lipinski definition) is 0. The molecular formula is C22H23N3. The topological polar surface area (TPSA) is 41.6 Å². The van der Waals surface area contributed by atoms with Crippen LogP contribution in [0, 0.1) is 18.3 Å². The molecule has 0 saturated heterocycles. The van der Waals surface area contributed by atoms with Crippen molar-refractivity contribution in [3.63, 3.8) is 0 Å². The van der Waals surface area contributed by atoms with E-state index in [1.807, 2.05) is 48.1 Å². The van der Waals surface area contributed by atoms with Crippen molar-refractivity contribution in [3.8, 4) is 22.9 Å². The summed E-state index contributed by atoms with van der Waals surface area (Å²) in [6, 6.07) is 18.6. The Labute approximate surface area is 149 Å². The number of nitrogens with zero attached hydrogens (tertiary/aromatic N) is 3. The van der Waals surface area contributed by atoms with Gasteiger partial charge in [-0.05, 0) is 66.6 Å². The molecule has 3 rings (SSSR count). The average molecular weight is 329 g/mol. The van der Waals surface area contributed by atoms with Crippen molar-refractivity contribution in [1.82, 2.24) is 9.78 Å². The number of aryl methyl sites for hydroxylation is 1. The van der Waals surface area contributed by atoms with Crippen LogP contribution in [0.2, 0.25) is 0 Å². The Morgan fingerprint density at radius 2 is 1.80 bits per heavy atom. The van der Waals surface area contributed by atoms with Crippen molar-refractivity contribution in [3.05, 3.63) is 71.5 Å². The predicted octanol–water partition coefficient (Wildman–Crippen LogP) is 5.62. The van der Waals surface area contributed by atoms with Crippen molar-refractivity contribution >= 4 is 0 Å². The largest absolute Gasteiger partial charge is 0.240 e. The maximum atomic E-state index is 9.16. The van der Waals surface area contributed by atoms with Crippen LogP contribution in [0.1, 0.15) is 49.4 Å². The van der Waals surface area contributed by atoms with Gasteiger partial charge in [0, 0.05) is 6.20 Å². The van der Waals surface area contributed by atoms with E-state index in [-0.39, 0.29) is 0 Å². The average Bonchev–Trinajstić information content (AvgIpc) is 3.09. The maximum absolute atomic E-state index is 9.16. The normalized spacial score (nSPS) is 10.8. The summed E-state index contributed by atoms with van der Waals surface area (Å²) in [7, 11) is 0. The number of nitriles is 1. The van der Waals surface area contributed by atoms with E-state index in [2.05, 4.69) is 43.2 Å². The van der Waals surface area contributed by atoms with Gasteiger partial charge in [-0.1, -0.05) is 38.1 Å². The molecule has 3 aromatic rings. The summed E-state index contributed by atoms with van der Waals surface area (Å²) in [5.41, 5.74) is 6.30. The van der Waals surface area contributed by atoms with Gasteiger partial charge in [-0.3, -0.25) is 0 Å². The summed E-state index contributed by atoms with van der Waals surface area (Å²) in [5.74, 6) is 0.513. The van der Waals surface area contributed by atoms with Crippen LogP contribution in [0.15, 0.2) is 54.7 Å². The Morgan fingerprint density at radius 1 is 1.04 bits per heavy atom. The van der Waals surface area contributed by atoms with Crippen LogP contribution in [-0.4, -0.2) is 9.78 Å². The Kier molecular flexibility index (Phi) is 5.00. The molecule has 0 saturated carbocycles. The van der Waals surface area contributed by atoms with Crippen LogP contribution < -0.4 is 0 Å². The molecular weight excluding hydrogens is 306 g/mol. The monoisotopic (exact) mass is 329 g/mol. The Hall–Kier alpha value is -2.86. The highest BCUT2D eigenvalue weighted by atomic mass is 15.3. The molecule has 0 bridgehead atoms. The zero-order valence-corrected chi connectivity index (χ0v) is 15.0. The molecule has 0 amide bonds. The predicted molar refractivity (Wildman–Crippen MR) is 102 cm³/mol. The zero-order valence-electron chi connectivity index (χ0n) is 15.0. The van der Waals surface area contributed by atoms with Crippen molar-refractivity contribution in [2.45, 2.75) is 39.5 Å². The van der Waals surface area contributed by atoms with Crippen molar-refractivity contribution in [2.75, 3.05) is 0 Å². The lowest BCUT2D eigenvalue weighted by Crippen LogP contribution is -2.05. The fraction of sp³-hybridized carbons (Fsp3) is 0.273. The van der Waals surface area contributed by atoms with Crippen LogP contribution in [0.4, 0.5) is 0 Å². The van der Waals surface area contributed by atoms with Gasteiger partial charge in [-0.15, -0.1) is 0 Å². The summed E-state index contributed by atoms with van der Waals surface area (Å²) in [6.07, 6.45) is 4.23. The van der Waals surface area contributed by atoms with E-state index in [1.165, 1.54) is 5.56 Å². The first kappa shape index (κ1) is 17.0. The second kappa shape index (κ2) is 7.36. The van der Waals surface area contributed by atoms with E-state index in [1.54, 1.807) is 0 Å². The lowest BCUT2D eigenvalue weighted by atomic mass is 9.90. The van der Waals surface area contributed by atoms with E-state index in [0.29, 0.717) is 11.5 Å². The van der Waals surface area contributed by atoms with Crippen LogP contribution in [0.25, 0.3) is 16.8 Å². The van der Waals surface area contributed by atoms with Gasteiger partial charge in [-0.2, -0.15) is 10.4 Å². The molecule has 0 radical (unpaired) electrons. The van der Waals surface area contributed by atoms with Crippen LogP contribution in [0.3, 0.4) is 0 Å². The van der Waals surface area contributed by atoms with E-state index in [9.17, 15) is 0 Å². The van der Waals surface area contributed by atoms with Gasteiger partial charge in [0.15, 0.2) is 0 Å². The highest BCUT2D eigenvalue weighted by molar-refractivity contribution is 5.69. The van der Waals surface area contributed by atoms with E-state index >= 15 is 0 Å². The first-order valence-corrected chi connectivity index (χ1v) is 8.83. The van der Waals surface area contributed by atoms with Crippen LogP contribution >= 0.6 is 0 Å². The molecule has 0 unspecified atom stereocenters. The number of hydrogen-bond acceptors (Lipinski definition) is 2. The minimum absolute atomic E-state index is 0.513. The van der Waals surface area contributed by atoms with Gasteiger partial charge >= 0.3 is 0 Å². The first-order valence-electron chi connectivity index (χ1n) is 8.83. The second-order valence-corrected chi connectivity index (χ2v) is 6.38. The highest BCUT2D eigenvalue weighted by Gasteiger charge is 2.15. The lowest BCUT2D eigenvalue weighted by Gasteiger charge is -2.19. The number of aromatic nitrogens is 2. The minimum atomic E-state index is 0.513. The Balaban J connectivity index is 2.15. The molecule has 3 heteroatoms. The van der Waals surface area contributed by atoms with Crippen molar-refractivity contribution < 1.29 is 0 Å². The molecule has 0 aliphatic rings. The number of benzene rings is 2. The van der Waals surface area contributed by atoms with Gasteiger partial charge < -0.3 is 0 Å². The van der Waals surface area contributed by atoms with Crippen LogP contribution in [0.5, 0.6) is 0 Å². The molecule has 2 aromatic carbocycles. The molecule has 0 aliphatic carbocycles. The Morgan fingerprint density at radius 3 is 2.44 bits per heavy atom. The molecule has 0 spiro atoms. The molecule has 126 valence electrons. The maximum Gasteiger partial charge on any atom is 0.0991 e. The lowest BCUT2D eigenvalue weighted by molar-refractivity contribution is 0.634. The molecule has 0 atom stereocenters. The third-order valence-electron chi connectivity index (χ3n) is 4.75. The molecule has 3 nitrogen and oxygen atoms in total. The molecule has 0 N–H and O–H groups in total. The number of rotatable bonds is 5.